The third-order valence-electron chi connectivity index (χ3n) is 4.65. The highest BCUT2D eigenvalue weighted by Crippen LogP contribution is 2.28. The second-order valence-electron chi connectivity index (χ2n) is 8.49. The molecule has 32 heavy (non-hydrogen) atoms. The fraction of sp³-hybridized carbons (Fsp3) is 0.318. The molecule has 9 nitrogen and oxygen atoms in total. The van der Waals surface area contributed by atoms with E-state index in [-0.39, 0.29) is 12.4 Å². The zero-order valence-corrected chi connectivity index (χ0v) is 18.5. The fourth-order valence-electron chi connectivity index (χ4n) is 3.20. The van der Waals surface area contributed by atoms with Crippen LogP contribution in [0.3, 0.4) is 0 Å². The number of nitrogens with one attached hydrogen (secondary N) is 1. The van der Waals surface area contributed by atoms with Gasteiger partial charge in [0.2, 0.25) is 0 Å². The third kappa shape index (κ3) is 4.43. The molecule has 4 rings (SSSR count). The van der Waals surface area contributed by atoms with E-state index in [1.165, 1.54) is 17.0 Å². The molecular formula is C22H24FN7O2. The van der Waals surface area contributed by atoms with Crippen LogP contribution in [0.25, 0.3) is 33.8 Å². The van der Waals surface area contributed by atoms with Gasteiger partial charge in [0, 0.05) is 19.7 Å². The van der Waals surface area contributed by atoms with Crippen molar-refractivity contribution >= 4 is 17.1 Å². The van der Waals surface area contributed by atoms with Gasteiger partial charge in [0.05, 0.1) is 12.1 Å². The molecule has 0 radical (unpaired) electrons. The molecule has 0 aliphatic rings. The van der Waals surface area contributed by atoms with Crippen LogP contribution in [0.15, 0.2) is 36.4 Å². The third-order valence-corrected chi connectivity index (χ3v) is 4.65. The number of rotatable bonds is 4. The van der Waals surface area contributed by atoms with Gasteiger partial charge in [-0.05, 0) is 45.0 Å². The smallest absolute Gasteiger partial charge is 0.410 e. The maximum Gasteiger partial charge on any atom is 0.410 e. The SMILES string of the molecule is CN(Cc1nc(-c2ccc3c(n2)c(-c2cccc(F)c2)nn3C)n[nH]1)C(=O)OC(C)(C)C. The molecule has 3 heterocycles. The molecule has 0 saturated heterocycles. The van der Waals surface area contributed by atoms with Crippen molar-refractivity contribution in [3.05, 3.63) is 48.0 Å². The summed E-state index contributed by atoms with van der Waals surface area (Å²) in [5, 5.41) is 11.6. The van der Waals surface area contributed by atoms with Crippen molar-refractivity contribution < 1.29 is 13.9 Å². The van der Waals surface area contributed by atoms with Crippen LogP contribution in [0.5, 0.6) is 0 Å². The molecule has 0 bridgehead atoms. The van der Waals surface area contributed by atoms with Crippen LogP contribution in [-0.4, -0.2) is 53.6 Å². The largest absolute Gasteiger partial charge is 0.444 e. The number of aryl methyl sites for hydroxylation is 1. The molecule has 10 heteroatoms. The summed E-state index contributed by atoms with van der Waals surface area (Å²) in [6.45, 7) is 5.63. The molecule has 0 unspecified atom stereocenters. The number of fused-ring (bicyclic) bond motifs is 1. The molecule has 0 fully saturated rings. The van der Waals surface area contributed by atoms with Crippen LogP contribution in [0.1, 0.15) is 26.6 Å². The Balaban J connectivity index is 1.62. The monoisotopic (exact) mass is 437 g/mol. The number of carbonyl (C=O) groups is 1. The number of ether oxygens (including phenoxy) is 1. The highest BCUT2D eigenvalue weighted by molar-refractivity contribution is 5.91. The normalized spacial score (nSPS) is 11.7. The summed E-state index contributed by atoms with van der Waals surface area (Å²) in [7, 11) is 3.44. The van der Waals surface area contributed by atoms with Crippen molar-refractivity contribution in [1.29, 1.82) is 0 Å². The predicted molar refractivity (Wildman–Crippen MR) is 117 cm³/mol. The molecule has 0 spiro atoms. The van der Waals surface area contributed by atoms with Crippen LogP contribution in [0.2, 0.25) is 0 Å². The first-order valence-electron chi connectivity index (χ1n) is 10.1. The summed E-state index contributed by atoms with van der Waals surface area (Å²) in [5.74, 6) is 0.533. The van der Waals surface area contributed by atoms with E-state index in [0.29, 0.717) is 34.1 Å². The first-order chi connectivity index (χ1) is 15.1. The number of nitrogens with zero attached hydrogens (tertiary/aromatic N) is 6. The van der Waals surface area contributed by atoms with Crippen LogP contribution in [-0.2, 0) is 18.3 Å². The van der Waals surface area contributed by atoms with Gasteiger partial charge in [-0.25, -0.2) is 19.2 Å². The summed E-state index contributed by atoms with van der Waals surface area (Å²) in [5.41, 5.74) is 2.58. The molecule has 0 aliphatic heterocycles. The van der Waals surface area contributed by atoms with E-state index < -0.39 is 11.7 Å². The molecule has 4 aromatic rings. The maximum atomic E-state index is 13.7. The number of pyridine rings is 1. The zero-order valence-electron chi connectivity index (χ0n) is 18.5. The van der Waals surface area contributed by atoms with Crippen molar-refractivity contribution in [3.63, 3.8) is 0 Å². The van der Waals surface area contributed by atoms with Gasteiger partial charge >= 0.3 is 6.09 Å². The molecule has 166 valence electrons. The molecule has 1 amide bonds. The summed E-state index contributed by atoms with van der Waals surface area (Å²) >= 11 is 0. The minimum atomic E-state index is -0.583. The predicted octanol–water partition coefficient (Wildman–Crippen LogP) is 3.93. The second kappa shape index (κ2) is 8.03. The molecule has 0 atom stereocenters. The fourth-order valence-corrected chi connectivity index (χ4v) is 3.20. The Morgan fingerprint density at radius 3 is 2.72 bits per heavy atom. The molecule has 1 N–H and O–H groups in total. The Hall–Kier alpha value is -3.82. The average molecular weight is 437 g/mol. The number of carbonyl (C=O) groups excluding carboxylic acids is 1. The second-order valence-corrected chi connectivity index (χ2v) is 8.49. The Kier molecular flexibility index (Phi) is 5.37. The van der Waals surface area contributed by atoms with Crippen LogP contribution in [0, 0.1) is 5.82 Å². The summed E-state index contributed by atoms with van der Waals surface area (Å²) in [4.78, 5) is 22.7. The van der Waals surface area contributed by atoms with Crippen LogP contribution >= 0.6 is 0 Å². The Labute approximate surface area is 184 Å². The van der Waals surface area contributed by atoms with Gasteiger partial charge in [0.25, 0.3) is 0 Å². The topological polar surface area (TPSA) is 102 Å². The number of hydrogen-bond acceptors (Lipinski definition) is 6. The Bertz CT molecular complexity index is 1290. The van der Waals surface area contributed by atoms with Crippen molar-refractivity contribution in [2.75, 3.05) is 7.05 Å². The van der Waals surface area contributed by atoms with E-state index >= 15 is 0 Å². The van der Waals surface area contributed by atoms with Crippen molar-refractivity contribution in [2.45, 2.75) is 32.9 Å². The molecule has 0 saturated carbocycles. The number of aromatic nitrogens is 6. The number of hydrogen-bond donors (Lipinski definition) is 1. The van der Waals surface area contributed by atoms with Gasteiger partial charge < -0.3 is 9.64 Å². The Morgan fingerprint density at radius 2 is 2.00 bits per heavy atom. The van der Waals surface area contributed by atoms with E-state index in [2.05, 4.69) is 20.3 Å². The number of aromatic amines is 1. The van der Waals surface area contributed by atoms with Gasteiger partial charge in [0.1, 0.15) is 34.1 Å². The van der Waals surface area contributed by atoms with Crippen molar-refractivity contribution in [3.8, 4) is 22.8 Å². The highest BCUT2D eigenvalue weighted by Gasteiger charge is 2.21. The summed E-state index contributed by atoms with van der Waals surface area (Å²) in [6, 6.07) is 9.90. The molecular weight excluding hydrogens is 413 g/mol. The number of benzene rings is 1. The number of halogens is 1. The van der Waals surface area contributed by atoms with E-state index in [0.717, 1.165) is 5.52 Å². The van der Waals surface area contributed by atoms with Gasteiger partial charge in [-0.2, -0.15) is 10.2 Å². The first kappa shape index (κ1) is 21.4. The lowest BCUT2D eigenvalue weighted by atomic mass is 10.1. The standard InChI is InChI=1S/C22H24FN7O2/c1-22(2,3)32-21(31)29(4)12-17-25-20(27-26-17)15-9-10-16-19(24-15)18(28-30(16)5)13-7-6-8-14(23)11-13/h6-11H,12H2,1-5H3,(H,25,26,27). The zero-order chi connectivity index (χ0) is 23.0. The number of amides is 1. The minimum Gasteiger partial charge on any atom is -0.444 e. The lowest BCUT2D eigenvalue weighted by molar-refractivity contribution is 0.0281. The van der Waals surface area contributed by atoms with E-state index in [1.807, 2.05) is 33.9 Å². The minimum absolute atomic E-state index is 0.200. The van der Waals surface area contributed by atoms with E-state index in [1.54, 1.807) is 29.9 Å². The molecule has 3 aromatic heterocycles. The van der Waals surface area contributed by atoms with Gasteiger partial charge in [-0.1, -0.05) is 12.1 Å². The Morgan fingerprint density at radius 1 is 1.22 bits per heavy atom. The average Bonchev–Trinajstić information content (AvgIpc) is 3.31. The van der Waals surface area contributed by atoms with Crippen LogP contribution in [0.4, 0.5) is 9.18 Å². The van der Waals surface area contributed by atoms with Crippen molar-refractivity contribution in [1.82, 2.24) is 34.8 Å². The maximum absolute atomic E-state index is 13.7. The first-order valence-corrected chi connectivity index (χ1v) is 10.1. The lowest BCUT2D eigenvalue weighted by Gasteiger charge is -2.23. The van der Waals surface area contributed by atoms with Crippen molar-refractivity contribution in [2.24, 2.45) is 7.05 Å². The van der Waals surface area contributed by atoms with Crippen LogP contribution < -0.4 is 0 Å². The highest BCUT2D eigenvalue weighted by atomic mass is 19.1. The van der Waals surface area contributed by atoms with Gasteiger partial charge in [-0.3, -0.25) is 9.78 Å². The summed E-state index contributed by atoms with van der Waals surface area (Å²) < 4.78 is 20.8. The number of H-pyrrole nitrogens is 1. The van der Waals surface area contributed by atoms with E-state index in [9.17, 15) is 9.18 Å². The van der Waals surface area contributed by atoms with Gasteiger partial charge in [-0.15, -0.1) is 0 Å². The quantitative estimate of drug-likeness (QED) is 0.519. The molecule has 1 aromatic carbocycles. The molecule has 0 aliphatic carbocycles. The summed E-state index contributed by atoms with van der Waals surface area (Å²) in [6.07, 6.45) is -0.454. The van der Waals surface area contributed by atoms with E-state index in [4.69, 9.17) is 9.72 Å². The van der Waals surface area contributed by atoms with Gasteiger partial charge in [0.15, 0.2) is 5.82 Å². The lowest BCUT2D eigenvalue weighted by Crippen LogP contribution is -2.34.